The van der Waals surface area contributed by atoms with Gasteiger partial charge in [0.05, 0.1) is 4.47 Å². The van der Waals surface area contributed by atoms with Crippen molar-refractivity contribution in [2.75, 3.05) is 6.61 Å². The second-order valence-electron chi connectivity index (χ2n) is 8.37. The van der Waals surface area contributed by atoms with E-state index >= 15 is 4.39 Å². The molecule has 34 heavy (non-hydrogen) atoms. The summed E-state index contributed by atoms with van der Waals surface area (Å²) in [5.74, 6) is -1.64. The van der Waals surface area contributed by atoms with Crippen LogP contribution in [0, 0.1) is 11.7 Å². The molecule has 0 saturated carbocycles. The average molecular weight is 526 g/mol. The number of nitrogens with zero attached hydrogens (tertiary/aromatic N) is 1. The van der Waals surface area contributed by atoms with Gasteiger partial charge in [-0.05, 0) is 44.6 Å². The minimum Gasteiger partial charge on any atom is -0.488 e. The van der Waals surface area contributed by atoms with Crippen LogP contribution in [-0.4, -0.2) is 23.5 Å². The Morgan fingerprint density at radius 3 is 2.44 bits per heavy atom. The standard InChI is InChI=1S/C27H25BrFNO4/c1-17(18(2)26(31)30-24(16-34-27(30)32)20-11-7-4-8-12-20)21-13-22(28)25(14-23(21)29)33-15-19-9-5-3-6-10-19/h3-14,17-18,24H,15-16H2,1-2H3. The number of carbonyl (C=O) groups excluding carboxylic acids is 2. The zero-order valence-electron chi connectivity index (χ0n) is 18.9. The Labute approximate surface area is 206 Å². The number of carbonyl (C=O) groups is 2. The largest absolute Gasteiger partial charge is 0.488 e. The number of hydrogen-bond acceptors (Lipinski definition) is 4. The molecule has 0 spiro atoms. The predicted octanol–water partition coefficient (Wildman–Crippen LogP) is 6.63. The maximum absolute atomic E-state index is 15.1. The molecule has 0 aliphatic carbocycles. The van der Waals surface area contributed by atoms with Crippen molar-refractivity contribution in [3.63, 3.8) is 0 Å². The van der Waals surface area contributed by atoms with Gasteiger partial charge in [-0.25, -0.2) is 14.1 Å². The molecule has 1 heterocycles. The highest BCUT2D eigenvalue weighted by atomic mass is 79.9. The molecule has 5 nitrogen and oxygen atoms in total. The maximum Gasteiger partial charge on any atom is 0.417 e. The van der Waals surface area contributed by atoms with E-state index in [1.54, 1.807) is 19.9 Å². The Balaban J connectivity index is 1.51. The van der Waals surface area contributed by atoms with Crippen molar-refractivity contribution in [3.8, 4) is 5.75 Å². The van der Waals surface area contributed by atoms with Crippen LogP contribution in [0.3, 0.4) is 0 Å². The molecule has 1 aliphatic heterocycles. The van der Waals surface area contributed by atoms with Crippen LogP contribution in [-0.2, 0) is 16.1 Å². The minimum atomic E-state index is -0.677. The second-order valence-corrected chi connectivity index (χ2v) is 9.22. The molecule has 1 aliphatic rings. The summed E-state index contributed by atoms with van der Waals surface area (Å²) < 4.78 is 26.7. The number of ether oxygens (including phenoxy) is 2. The molecule has 0 radical (unpaired) electrons. The molecule has 2 amide bonds. The molecular weight excluding hydrogens is 501 g/mol. The molecule has 1 saturated heterocycles. The summed E-state index contributed by atoms with van der Waals surface area (Å²) in [5, 5.41) is 0. The van der Waals surface area contributed by atoms with Crippen LogP contribution in [0.4, 0.5) is 9.18 Å². The van der Waals surface area contributed by atoms with Crippen molar-refractivity contribution in [2.24, 2.45) is 5.92 Å². The lowest BCUT2D eigenvalue weighted by molar-refractivity contribution is -0.133. The number of amides is 2. The van der Waals surface area contributed by atoms with Gasteiger partial charge in [0.2, 0.25) is 5.91 Å². The van der Waals surface area contributed by atoms with Gasteiger partial charge in [-0.15, -0.1) is 0 Å². The quantitative estimate of drug-likeness (QED) is 0.347. The number of halogens is 2. The Kier molecular flexibility index (Phi) is 7.32. The van der Waals surface area contributed by atoms with Crippen LogP contribution >= 0.6 is 15.9 Å². The van der Waals surface area contributed by atoms with Crippen molar-refractivity contribution < 1.29 is 23.5 Å². The van der Waals surface area contributed by atoms with E-state index in [2.05, 4.69) is 15.9 Å². The lowest BCUT2D eigenvalue weighted by atomic mass is 9.87. The first-order valence-corrected chi connectivity index (χ1v) is 11.9. The molecule has 0 aromatic heterocycles. The van der Waals surface area contributed by atoms with Crippen molar-refractivity contribution in [2.45, 2.75) is 32.4 Å². The fraction of sp³-hybridized carbons (Fsp3) is 0.259. The fourth-order valence-corrected chi connectivity index (χ4v) is 4.50. The third-order valence-corrected chi connectivity index (χ3v) is 6.83. The topological polar surface area (TPSA) is 55.8 Å². The number of imide groups is 1. The molecule has 0 bridgehead atoms. The van der Waals surface area contributed by atoms with Gasteiger partial charge in [0, 0.05) is 12.0 Å². The third kappa shape index (κ3) is 4.99. The van der Waals surface area contributed by atoms with Gasteiger partial charge in [-0.2, -0.15) is 0 Å². The maximum atomic E-state index is 15.1. The zero-order chi connectivity index (χ0) is 24.2. The number of cyclic esters (lactones) is 1. The molecule has 4 rings (SSSR count). The van der Waals surface area contributed by atoms with E-state index in [1.807, 2.05) is 60.7 Å². The monoisotopic (exact) mass is 525 g/mol. The Bertz CT molecular complexity index is 1170. The summed E-state index contributed by atoms with van der Waals surface area (Å²) in [7, 11) is 0. The van der Waals surface area contributed by atoms with Gasteiger partial charge in [0.1, 0.15) is 30.8 Å². The van der Waals surface area contributed by atoms with Gasteiger partial charge in [0.15, 0.2) is 0 Å². The lowest BCUT2D eigenvalue weighted by Gasteiger charge is -2.27. The van der Waals surface area contributed by atoms with Crippen molar-refractivity contribution in [3.05, 3.63) is 99.8 Å². The van der Waals surface area contributed by atoms with Crippen LogP contribution in [0.1, 0.15) is 42.5 Å². The van der Waals surface area contributed by atoms with Gasteiger partial charge >= 0.3 is 6.09 Å². The molecule has 7 heteroatoms. The SMILES string of the molecule is CC(C(=O)N1C(=O)OCC1c1ccccc1)C(C)c1cc(Br)c(OCc2ccccc2)cc1F. The highest BCUT2D eigenvalue weighted by Crippen LogP contribution is 2.37. The summed E-state index contributed by atoms with van der Waals surface area (Å²) in [5.41, 5.74) is 2.15. The number of rotatable bonds is 7. The van der Waals surface area contributed by atoms with E-state index < -0.39 is 35.7 Å². The van der Waals surface area contributed by atoms with Gasteiger partial charge < -0.3 is 9.47 Å². The highest BCUT2D eigenvalue weighted by Gasteiger charge is 2.42. The summed E-state index contributed by atoms with van der Waals surface area (Å²) in [6.07, 6.45) is -0.677. The minimum absolute atomic E-state index is 0.100. The number of hydrogen-bond donors (Lipinski definition) is 0. The molecule has 3 unspecified atom stereocenters. The Morgan fingerprint density at radius 1 is 1.12 bits per heavy atom. The fourth-order valence-electron chi connectivity index (χ4n) is 4.03. The van der Waals surface area contributed by atoms with Crippen LogP contribution in [0.25, 0.3) is 0 Å². The molecule has 1 fully saturated rings. The Hall–Kier alpha value is -3.19. The highest BCUT2D eigenvalue weighted by molar-refractivity contribution is 9.10. The van der Waals surface area contributed by atoms with E-state index in [0.717, 1.165) is 16.0 Å². The molecule has 0 N–H and O–H groups in total. The van der Waals surface area contributed by atoms with Crippen LogP contribution < -0.4 is 4.74 Å². The molecule has 3 atom stereocenters. The van der Waals surface area contributed by atoms with Crippen LogP contribution in [0.2, 0.25) is 0 Å². The Morgan fingerprint density at radius 2 is 1.76 bits per heavy atom. The van der Waals surface area contributed by atoms with Crippen molar-refractivity contribution in [1.82, 2.24) is 4.90 Å². The predicted molar refractivity (Wildman–Crippen MR) is 130 cm³/mol. The third-order valence-electron chi connectivity index (χ3n) is 6.21. The van der Waals surface area contributed by atoms with Crippen LogP contribution in [0.5, 0.6) is 5.75 Å². The number of benzene rings is 3. The van der Waals surface area contributed by atoms with Crippen molar-refractivity contribution >= 4 is 27.9 Å². The van der Waals surface area contributed by atoms with Gasteiger partial charge in [0.25, 0.3) is 0 Å². The van der Waals surface area contributed by atoms with E-state index in [-0.39, 0.29) is 6.61 Å². The van der Waals surface area contributed by atoms with E-state index in [4.69, 9.17) is 9.47 Å². The first-order chi connectivity index (χ1) is 16.4. The molecule has 3 aromatic carbocycles. The van der Waals surface area contributed by atoms with Gasteiger partial charge in [-0.3, -0.25) is 4.79 Å². The molecule has 3 aromatic rings. The summed E-state index contributed by atoms with van der Waals surface area (Å²) >= 11 is 3.46. The van der Waals surface area contributed by atoms with E-state index in [9.17, 15) is 9.59 Å². The van der Waals surface area contributed by atoms with E-state index in [0.29, 0.717) is 22.4 Å². The summed E-state index contributed by atoms with van der Waals surface area (Å²) in [4.78, 5) is 26.9. The van der Waals surface area contributed by atoms with E-state index in [1.165, 1.54) is 6.07 Å². The lowest BCUT2D eigenvalue weighted by Crippen LogP contribution is -2.39. The van der Waals surface area contributed by atoms with Gasteiger partial charge in [-0.1, -0.05) is 74.5 Å². The van der Waals surface area contributed by atoms with Crippen LogP contribution in [0.15, 0.2) is 77.3 Å². The average Bonchev–Trinajstić information content (AvgIpc) is 3.25. The first-order valence-electron chi connectivity index (χ1n) is 11.1. The summed E-state index contributed by atoms with van der Waals surface area (Å²) in [6, 6.07) is 21.3. The molecular formula is C27H25BrFNO4. The summed E-state index contributed by atoms with van der Waals surface area (Å²) in [6.45, 7) is 3.88. The molecule has 176 valence electrons. The smallest absolute Gasteiger partial charge is 0.417 e. The van der Waals surface area contributed by atoms with Crippen molar-refractivity contribution in [1.29, 1.82) is 0 Å². The first kappa shape index (κ1) is 24.0. The zero-order valence-corrected chi connectivity index (χ0v) is 20.5. The second kappa shape index (κ2) is 10.4. The normalized spacial score (nSPS) is 17.2.